The minimum Gasteiger partial charge on any atom is -0.392 e. The molecule has 1 amide bonds. The van der Waals surface area contributed by atoms with E-state index < -0.39 is 6.10 Å². The van der Waals surface area contributed by atoms with Gasteiger partial charge in [-0.25, -0.2) is 0 Å². The molecule has 3 nitrogen and oxygen atoms in total. The third kappa shape index (κ3) is 4.84. The summed E-state index contributed by atoms with van der Waals surface area (Å²) in [4.78, 5) is 11.4. The quantitative estimate of drug-likeness (QED) is 0.872. The van der Waals surface area contributed by atoms with Gasteiger partial charge in [0.05, 0.1) is 12.5 Å². The molecule has 16 heavy (non-hydrogen) atoms. The SMILES string of the molecule is CC(O)CNC(=O)Cc1cc(Cl)cc(Cl)c1. The largest absolute Gasteiger partial charge is 0.392 e. The van der Waals surface area contributed by atoms with Crippen molar-refractivity contribution in [3.8, 4) is 0 Å². The molecule has 0 saturated heterocycles. The van der Waals surface area contributed by atoms with Crippen LogP contribution in [-0.2, 0) is 11.2 Å². The number of hydrogen-bond acceptors (Lipinski definition) is 2. The number of aliphatic hydroxyl groups excluding tert-OH is 1. The molecular formula is C11H13Cl2NO2. The fourth-order valence-corrected chi connectivity index (χ4v) is 1.79. The van der Waals surface area contributed by atoms with Crippen LogP contribution < -0.4 is 5.32 Å². The monoisotopic (exact) mass is 261 g/mol. The Bertz CT molecular complexity index is 360. The first-order valence-corrected chi connectivity index (χ1v) is 5.62. The van der Waals surface area contributed by atoms with Gasteiger partial charge in [0, 0.05) is 16.6 Å². The van der Waals surface area contributed by atoms with Crippen molar-refractivity contribution in [2.45, 2.75) is 19.4 Å². The lowest BCUT2D eigenvalue weighted by Crippen LogP contribution is -2.31. The van der Waals surface area contributed by atoms with Crippen LogP contribution in [0.15, 0.2) is 18.2 Å². The Hall–Kier alpha value is -0.770. The zero-order valence-electron chi connectivity index (χ0n) is 8.84. The number of rotatable bonds is 4. The van der Waals surface area contributed by atoms with Crippen molar-refractivity contribution in [3.63, 3.8) is 0 Å². The van der Waals surface area contributed by atoms with Gasteiger partial charge in [-0.05, 0) is 30.7 Å². The summed E-state index contributed by atoms with van der Waals surface area (Å²) < 4.78 is 0. The van der Waals surface area contributed by atoms with Gasteiger partial charge in [-0.2, -0.15) is 0 Å². The summed E-state index contributed by atoms with van der Waals surface area (Å²) >= 11 is 11.6. The molecule has 1 aromatic rings. The molecule has 88 valence electrons. The standard InChI is InChI=1S/C11H13Cl2NO2/c1-7(15)6-14-11(16)4-8-2-9(12)5-10(13)3-8/h2-3,5,7,15H,4,6H2,1H3,(H,14,16). The van der Waals surface area contributed by atoms with Crippen LogP contribution in [0.5, 0.6) is 0 Å². The van der Waals surface area contributed by atoms with Crippen molar-refractivity contribution < 1.29 is 9.90 Å². The zero-order valence-corrected chi connectivity index (χ0v) is 10.3. The number of nitrogens with one attached hydrogen (secondary N) is 1. The van der Waals surface area contributed by atoms with Crippen molar-refractivity contribution in [1.82, 2.24) is 5.32 Å². The summed E-state index contributed by atoms with van der Waals surface area (Å²) in [6, 6.07) is 4.99. The Morgan fingerprint density at radius 3 is 2.44 bits per heavy atom. The number of benzene rings is 1. The van der Waals surface area contributed by atoms with Crippen molar-refractivity contribution in [2.24, 2.45) is 0 Å². The van der Waals surface area contributed by atoms with E-state index in [9.17, 15) is 4.79 Å². The second-order valence-corrected chi connectivity index (χ2v) is 4.48. The zero-order chi connectivity index (χ0) is 12.1. The van der Waals surface area contributed by atoms with Crippen LogP contribution >= 0.6 is 23.2 Å². The molecule has 1 aromatic carbocycles. The van der Waals surface area contributed by atoms with Crippen LogP contribution in [0, 0.1) is 0 Å². The first kappa shape index (κ1) is 13.3. The lowest BCUT2D eigenvalue weighted by atomic mass is 10.1. The Morgan fingerprint density at radius 2 is 1.94 bits per heavy atom. The van der Waals surface area contributed by atoms with Crippen molar-refractivity contribution in [2.75, 3.05) is 6.54 Å². The highest BCUT2D eigenvalue weighted by Gasteiger charge is 2.06. The normalized spacial score (nSPS) is 12.2. The minimum atomic E-state index is -0.549. The van der Waals surface area contributed by atoms with E-state index in [0.29, 0.717) is 10.0 Å². The van der Waals surface area contributed by atoms with Gasteiger partial charge in [-0.1, -0.05) is 23.2 Å². The Labute approximate surface area is 104 Å². The van der Waals surface area contributed by atoms with Gasteiger partial charge in [-0.3, -0.25) is 4.79 Å². The predicted octanol–water partition coefficient (Wildman–Crippen LogP) is 2.03. The van der Waals surface area contributed by atoms with Crippen LogP contribution in [0.1, 0.15) is 12.5 Å². The first-order chi connectivity index (χ1) is 7.47. The Balaban J connectivity index is 2.56. The van der Waals surface area contributed by atoms with Gasteiger partial charge >= 0.3 is 0 Å². The molecule has 0 saturated carbocycles. The van der Waals surface area contributed by atoms with Crippen LogP contribution in [0.25, 0.3) is 0 Å². The highest BCUT2D eigenvalue weighted by Crippen LogP contribution is 2.19. The van der Waals surface area contributed by atoms with Gasteiger partial charge in [0.2, 0.25) is 5.91 Å². The van der Waals surface area contributed by atoms with E-state index >= 15 is 0 Å². The molecule has 1 unspecified atom stereocenters. The second kappa shape index (κ2) is 6.09. The van der Waals surface area contributed by atoms with Gasteiger partial charge < -0.3 is 10.4 Å². The van der Waals surface area contributed by atoms with Crippen molar-refractivity contribution in [3.05, 3.63) is 33.8 Å². The van der Waals surface area contributed by atoms with Crippen molar-refractivity contribution in [1.29, 1.82) is 0 Å². The number of carbonyl (C=O) groups excluding carboxylic acids is 1. The maximum atomic E-state index is 11.4. The molecule has 0 heterocycles. The molecule has 5 heteroatoms. The van der Waals surface area contributed by atoms with Gasteiger partial charge in [0.25, 0.3) is 0 Å². The number of aliphatic hydroxyl groups is 1. The van der Waals surface area contributed by atoms with E-state index in [2.05, 4.69) is 5.32 Å². The van der Waals surface area contributed by atoms with E-state index in [1.54, 1.807) is 25.1 Å². The van der Waals surface area contributed by atoms with E-state index in [1.165, 1.54) is 0 Å². The minimum absolute atomic E-state index is 0.167. The lowest BCUT2D eigenvalue weighted by molar-refractivity contribution is -0.120. The summed E-state index contributed by atoms with van der Waals surface area (Å²) in [7, 11) is 0. The van der Waals surface area contributed by atoms with Crippen LogP contribution in [0.2, 0.25) is 10.0 Å². The fraction of sp³-hybridized carbons (Fsp3) is 0.364. The summed E-state index contributed by atoms with van der Waals surface area (Å²) in [5.41, 5.74) is 0.751. The predicted molar refractivity (Wildman–Crippen MR) is 64.9 cm³/mol. The van der Waals surface area contributed by atoms with Crippen LogP contribution in [0.3, 0.4) is 0 Å². The second-order valence-electron chi connectivity index (χ2n) is 3.61. The number of hydrogen-bond donors (Lipinski definition) is 2. The maximum Gasteiger partial charge on any atom is 0.224 e. The molecular weight excluding hydrogens is 249 g/mol. The van der Waals surface area contributed by atoms with E-state index in [4.69, 9.17) is 28.3 Å². The van der Waals surface area contributed by atoms with Crippen LogP contribution in [-0.4, -0.2) is 23.7 Å². The third-order valence-corrected chi connectivity index (χ3v) is 2.32. The third-order valence-electron chi connectivity index (χ3n) is 1.88. The summed E-state index contributed by atoms with van der Waals surface area (Å²) in [5, 5.41) is 12.6. The number of carbonyl (C=O) groups is 1. The van der Waals surface area contributed by atoms with E-state index in [0.717, 1.165) is 5.56 Å². The molecule has 0 radical (unpaired) electrons. The molecule has 1 rings (SSSR count). The van der Waals surface area contributed by atoms with Gasteiger partial charge in [0.15, 0.2) is 0 Å². The molecule has 0 aliphatic rings. The molecule has 2 N–H and O–H groups in total. The van der Waals surface area contributed by atoms with Gasteiger partial charge in [-0.15, -0.1) is 0 Å². The van der Waals surface area contributed by atoms with E-state index in [-0.39, 0.29) is 18.9 Å². The fourth-order valence-electron chi connectivity index (χ4n) is 1.22. The molecule has 1 atom stereocenters. The average molecular weight is 262 g/mol. The highest BCUT2D eigenvalue weighted by atomic mass is 35.5. The molecule has 0 spiro atoms. The number of amides is 1. The smallest absolute Gasteiger partial charge is 0.224 e. The topological polar surface area (TPSA) is 49.3 Å². The summed E-state index contributed by atoms with van der Waals surface area (Å²) in [6.07, 6.45) is -0.348. The molecule has 0 aliphatic carbocycles. The lowest BCUT2D eigenvalue weighted by Gasteiger charge is -2.07. The van der Waals surface area contributed by atoms with Gasteiger partial charge in [0.1, 0.15) is 0 Å². The van der Waals surface area contributed by atoms with E-state index in [1.807, 2.05) is 0 Å². The molecule has 0 fully saturated rings. The molecule has 0 aliphatic heterocycles. The first-order valence-electron chi connectivity index (χ1n) is 4.87. The molecule has 0 aromatic heterocycles. The summed E-state index contributed by atoms with van der Waals surface area (Å²) in [5.74, 6) is -0.167. The van der Waals surface area contributed by atoms with Crippen molar-refractivity contribution >= 4 is 29.1 Å². The maximum absolute atomic E-state index is 11.4. The van der Waals surface area contributed by atoms with Crippen LogP contribution in [0.4, 0.5) is 0 Å². The number of halogens is 2. The summed E-state index contributed by atoms with van der Waals surface area (Å²) in [6.45, 7) is 1.85. The Kier molecular flexibility index (Phi) is 5.06. The Morgan fingerprint density at radius 1 is 1.38 bits per heavy atom. The highest BCUT2D eigenvalue weighted by molar-refractivity contribution is 6.34. The molecule has 0 bridgehead atoms. The average Bonchev–Trinajstić information content (AvgIpc) is 2.12.